The van der Waals surface area contributed by atoms with Gasteiger partial charge in [-0.05, 0) is 24.5 Å². The molecule has 1 aromatic carbocycles. The SMILES string of the molecule is O=C(O)c1ccccc1CC(=O)N1CCC(C(=O)N2CCOCC2)CC1. The number of nitrogens with zero attached hydrogens (tertiary/aromatic N) is 2. The Hall–Kier alpha value is -2.41. The van der Waals surface area contributed by atoms with Gasteiger partial charge in [0.2, 0.25) is 11.8 Å². The lowest BCUT2D eigenvalue weighted by molar-refractivity contribution is -0.143. The molecule has 2 aliphatic rings. The van der Waals surface area contributed by atoms with Gasteiger partial charge < -0.3 is 19.6 Å². The fourth-order valence-corrected chi connectivity index (χ4v) is 3.58. The molecule has 2 heterocycles. The quantitative estimate of drug-likeness (QED) is 0.866. The predicted molar refractivity (Wildman–Crippen MR) is 93.8 cm³/mol. The van der Waals surface area contributed by atoms with Gasteiger partial charge in [0, 0.05) is 32.1 Å². The van der Waals surface area contributed by atoms with Gasteiger partial charge in [-0.3, -0.25) is 9.59 Å². The van der Waals surface area contributed by atoms with Crippen LogP contribution in [-0.4, -0.2) is 72.1 Å². The standard InChI is InChI=1S/C19H24N2O5/c22-17(13-15-3-1-2-4-16(15)19(24)25)20-7-5-14(6-8-20)18(23)21-9-11-26-12-10-21/h1-4,14H,5-13H2,(H,24,25). The summed E-state index contributed by atoms with van der Waals surface area (Å²) in [6.07, 6.45) is 1.38. The molecule has 0 radical (unpaired) electrons. The molecule has 0 spiro atoms. The molecule has 2 aliphatic heterocycles. The van der Waals surface area contributed by atoms with Crippen LogP contribution < -0.4 is 0 Å². The summed E-state index contributed by atoms with van der Waals surface area (Å²) >= 11 is 0. The van der Waals surface area contributed by atoms with E-state index in [1.54, 1.807) is 23.1 Å². The maximum atomic E-state index is 12.5. The minimum atomic E-state index is -1.02. The number of aromatic carboxylic acids is 1. The molecule has 2 amide bonds. The van der Waals surface area contributed by atoms with E-state index in [1.807, 2.05) is 4.90 Å². The molecule has 140 valence electrons. The van der Waals surface area contributed by atoms with E-state index in [0.717, 1.165) is 0 Å². The van der Waals surface area contributed by atoms with E-state index in [9.17, 15) is 19.5 Å². The van der Waals surface area contributed by atoms with Crippen molar-refractivity contribution < 1.29 is 24.2 Å². The van der Waals surface area contributed by atoms with Crippen molar-refractivity contribution in [2.45, 2.75) is 19.3 Å². The van der Waals surface area contributed by atoms with Crippen molar-refractivity contribution in [1.82, 2.24) is 9.80 Å². The van der Waals surface area contributed by atoms with Crippen molar-refractivity contribution in [2.24, 2.45) is 5.92 Å². The molecule has 0 unspecified atom stereocenters. The fourth-order valence-electron chi connectivity index (χ4n) is 3.58. The summed E-state index contributed by atoms with van der Waals surface area (Å²) in [5, 5.41) is 9.23. The molecule has 7 nitrogen and oxygen atoms in total. The Morgan fingerprint density at radius 1 is 1.00 bits per heavy atom. The van der Waals surface area contributed by atoms with E-state index in [1.165, 1.54) is 6.07 Å². The third-order valence-corrected chi connectivity index (χ3v) is 5.11. The zero-order valence-electron chi connectivity index (χ0n) is 14.7. The number of carbonyl (C=O) groups excluding carboxylic acids is 2. The Balaban J connectivity index is 1.54. The van der Waals surface area contributed by atoms with Gasteiger partial charge in [0.15, 0.2) is 0 Å². The number of rotatable bonds is 4. The van der Waals surface area contributed by atoms with Gasteiger partial charge in [-0.2, -0.15) is 0 Å². The third-order valence-electron chi connectivity index (χ3n) is 5.11. The highest BCUT2D eigenvalue weighted by Gasteiger charge is 2.31. The zero-order valence-corrected chi connectivity index (χ0v) is 14.7. The number of hydrogen-bond acceptors (Lipinski definition) is 4. The molecule has 0 aromatic heterocycles. The van der Waals surface area contributed by atoms with Crippen LogP contribution in [0.3, 0.4) is 0 Å². The van der Waals surface area contributed by atoms with Crippen molar-refractivity contribution in [2.75, 3.05) is 39.4 Å². The van der Waals surface area contributed by atoms with Crippen molar-refractivity contribution >= 4 is 17.8 Å². The van der Waals surface area contributed by atoms with E-state index < -0.39 is 5.97 Å². The average Bonchev–Trinajstić information content (AvgIpc) is 2.68. The summed E-state index contributed by atoms with van der Waals surface area (Å²) in [6, 6.07) is 6.58. The number of piperidine rings is 1. The van der Waals surface area contributed by atoms with Crippen molar-refractivity contribution in [3.63, 3.8) is 0 Å². The Bertz CT molecular complexity index is 676. The summed E-state index contributed by atoms with van der Waals surface area (Å²) in [5.74, 6) is -0.987. The van der Waals surface area contributed by atoms with Gasteiger partial charge in [-0.15, -0.1) is 0 Å². The van der Waals surface area contributed by atoms with Crippen LogP contribution in [0.15, 0.2) is 24.3 Å². The van der Waals surface area contributed by atoms with Crippen LogP contribution in [0.4, 0.5) is 0 Å². The first-order valence-corrected chi connectivity index (χ1v) is 9.02. The lowest BCUT2D eigenvalue weighted by atomic mass is 9.94. The van der Waals surface area contributed by atoms with E-state index in [-0.39, 0.29) is 29.7 Å². The first-order chi connectivity index (χ1) is 12.6. The predicted octanol–water partition coefficient (Wildman–Crippen LogP) is 1.02. The molecule has 0 saturated carbocycles. The molecule has 2 fully saturated rings. The number of carboxylic acid groups (broad SMARTS) is 1. The number of morpholine rings is 1. The number of benzene rings is 1. The van der Waals surface area contributed by atoms with Crippen molar-refractivity contribution in [1.29, 1.82) is 0 Å². The van der Waals surface area contributed by atoms with Crippen LogP contribution in [0.5, 0.6) is 0 Å². The maximum Gasteiger partial charge on any atom is 0.335 e. The zero-order chi connectivity index (χ0) is 18.5. The lowest BCUT2D eigenvalue weighted by Gasteiger charge is -2.35. The molecule has 3 rings (SSSR count). The van der Waals surface area contributed by atoms with Crippen molar-refractivity contribution in [3.8, 4) is 0 Å². The van der Waals surface area contributed by atoms with Gasteiger partial charge in [0.25, 0.3) is 0 Å². The highest BCUT2D eigenvalue weighted by Crippen LogP contribution is 2.21. The Morgan fingerprint density at radius 2 is 1.65 bits per heavy atom. The molecule has 0 aliphatic carbocycles. The molecule has 1 aromatic rings. The van der Waals surface area contributed by atoms with E-state index >= 15 is 0 Å². The Kier molecular flexibility index (Phi) is 5.88. The minimum absolute atomic E-state index is 0.0385. The van der Waals surface area contributed by atoms with Gasteiger partial charge in [0.1, 0.15) is 0 Å². The topological polar surface area (TPSA) is 87.2 Å². The van der Waals surface area contributed by atoms with Gasteiger partial charge >= 0.3 is 5.97 Å². The summed E-state index contributed by atoms with van der Waals surface area (Å²) < 4.78 is 5.28. The van der Waals surface area contributed by atoms with Crippen LogP contribution in [0.25, 0.3) is 0 Å². The van der Waals surface area contributed by atoms with Crippen LogP contribution in [0.2, 0.25) is 0 Å². The fraction of sp³-hybridized carbons (Fsp3) is 0.526. The molecule has 7 heteroatoms. The number of carbonyl (C=O) groups is 3. The number of hydrogen-bond donors (Lipinski definition) is 1. The molecule has 0 bridgehead atoms. The lowest BCUT2D eigenvalue weighted by Crippen LogP contribution is -2.47. The second-order valence-corrected chi connectivity index (χ2v) is 6.73. The highest BCUT2D eigenvalue weighted by atomic mass is 16.5. The summed E-state index contributed by atoms with van der Waals surface area (Å²) in [5.41, 5.74) is 0.690. The average molecular weight is 360 g/mol. The first-order valence-electron chi connectivity index (χ1n) is 9.02. The molecule has 1 N–H and O–H groups in total. The van der Waals surface area contributed by atoms with Gasteiger partial charge in [-0.1, -0.05) is 18.2 Å². The third kappa shape index (κ3) is 4.22. The largest absolute Gasteiger partial charge is 0.478 e. The highest BCUT2D eigenvalue weighted by molar-refractivity contribution is 5.91. The normalized spacial score (nSPS) is 18.6. The van der Waals surface area contributed by atoms with Crippen LogP contribution >= 0.6 is 0 Å². The summed E-state index contributed by atoms with van der Waals surface area (Å²) in [7, 11) is 0. The number of amides is 2. The van der Waals surface area contributed by atoms with Gasteiger partial charge in [0.05, 0.1) is 25.2 Å². The second kappa shape index (κ2) is 8.31. The molecular weight excluding hydrogens is 336 g/mol. The Morgan fingerprint density at radius 3 is 2.31 bits per heavy atom. The molecule has 2 saturated heterocycles. The maximum absolute atomic E-state index is 12.5. The van der Waals surface area contributed by atoms with Crippen molar-refractivity contribution in [3.05, 3.63) is 35.4 Å². The number of likely N-dealkylation sites (tertiary alicyclic amines) is 1. The van der Waals surface area contributed by atoms with Crippen LogP contribution in [0.1, 0.15) is 28.8 Å². The molecular formula is C19H24N2O5. The minimum Gasteiger partial charge on any atom is -0.478 e. The van der Waals surface area contributed by atoms with Gasteiger partial charge in [-0.25, -0.2) is 4.79 Å². The second-order valence-electron chi connectivity index (χ2n) is 6.73. The first kappa shape index (κ1) is 18.4. The van der Waals surface area contributed by atoms with E-state index in [0.29, 0.717) is 57.8 Å². The number of ether oxygens (including phenoxy) is 1. The molecule has 0 atom stereocenters. The van der Waals surface area contributed by atoms with Crippen LogP contribution in [0, 0.1) is 5.92 Å². The smallest absolute Gasteiger partial charge is 0.335 e. The summed E-state index contributed by atoms with van der Waals surface area (Å²) in [6.45, 7) is 3.54. The van der Waals surface area contributed by atoms with E-state index in [4.69, 9.17) is 4.74 Å². The van der Waals surface area contributed by atoms with E-state index in [2.05, 4.69) is 0 Å². The van der Waals surface area contributed by atoms with Crippen LogP contribution in [-0.2, 0) is 20.7 Å². The summed E-state index contributed by atoms with van der Waals surface area (Å²) in [4.78, 5) is 39.9. The monoisotopic (exact) mass is 360 g/mol. The number of carboxylic acids is 1. The molecule has 26 heavy (non-hydrogen) atoms. The Labute approximate surface area is 152 Å².